The molecule has 0 spiro atoms. The summed E-state index contributed by atoms with van der Waals surface area (Å²) in [5.74, 6) is 0.467. The maximum absolute atomic E-state index is 12.4. The van der Waals surface area contributed by atoms with Crippen LogP contribution in [0.15, 0.2) is 89.5 Å². The molecule has 2 unspecified atom stereocenters. The molecular formula is C29H26N4O5S. The number of methoxy groups -OCH3 is 2. The number of anilines is 2. The van der Waals surface area contributed by atoms with Crippen molar-refractivity contribution in [2.75, 3.05) is 31.0 Å². The van der Waals surface area contributed by atoms with Crippen LogP contribution in [0.3, 0.4) is 0 Å². The Morgan fingerprint density at radius 3 is 2.51 bits per heavy atom. The molecule has 9 nitrogen and oxygen atoms in total. The van der Waals surface area contributed by atoms with Crippen molar-refractivity contribution in [2.45, 2.75) is 12.1 Å². The smallest absolute Gasteiger partial charge is 0.338 e. The molecule has 3 heterocycles. The molecule has 2 atom stereocenters. The lowest BCUT2D eigenvalue weighted by molar-refractivity contribution is -0.119. The number of carbonyl (C=O) groups excluding carboxylic acids is 2. The summed E-state index contributed by atoms with van der Waals surface area (Å²) in [7, 11) is 2.82. The normalized spacial score (nSPS) is 16.6. The minimum atomic E-state index is -0.446. The lowest BCUT2D eigenvalue weighted by atomic mass is 10.0. The highest BCUT2D eigenvalue weighted by Gasteiger charge is 2.42. The van der Waals surface area contributed by atoms with Gasteiger partial charge in [0.15, 0.2) is 5.11 Å². The van der Waals surface area contributed by atoms with Crippen molar-refractivity contribution in [1.82, 2.24) is 10.3 Å². The fourth-order valence-electron chi connectivity index (χ4n) is 4.60. The van der Waals surface area contributed by atoms with Crippen LogP contribution in [0.4, 0.5) is 11.4 Å². The zero-order chi connectivity index (χ0) is 27.4. The number of pyridine rings is 1. The first-order valence-corrected chi connectivity index (χ1v) is 12.6. The van der Waals surface area contributed by atoms with E-state index in [0.717, 1.165) is 11.4 Å². The number of rotatable bonds is 8. The zero-order valence-electron chi connectivity index (χ0n) is 21.3. The number of ether oxygens (including phenoxy) is 2. The first-order valence-electron chi connectivity index (χ1n) is 12.2. The van der Waals surface area contributed by atoms with Crippen molar-refractivity contribution >= 4 is 40.6 Å². The quantitative estimate of drug-likeness (QED) is 0.238. The third-order valence-corrected chi connectivity index (χ3v) is 6.63. The Morgan fingerprint density at radius 2 is 1.79 bits per heavy atom. The van der Waals surface area contributed by atoms with Gasteiger partial charge in [-0.2, -0.15) is 0 Å². The molecule has 4 aromatic rings. The van der Waals surface area contributed by atoms with Crippen molar-refractivity contribution in [3.05, 3.63) is 102 Å². The lowest BCUT2D eigenvalue weighted by Crippen LogP contribution is -2.29. The first kappa shape index (κ1) is 26.1. The molecule has 0 radical (unpaired) electrons. The number of hydrogen-bond acceptors (Lipinski definition) is 7. The lowest BCUT2D eigenvalue weighted by Gasteiger charge is -2.26. The molecule has 0 aliphatic carbocycles. The van der Waals surface area contributed by atoms with Crippen LogP contribution >= 0.6 is 12.2 Å². The summed E-state index contributed by atoms with van der Waals surface area (Å²) in [5.41, 5.74) is 3.26. The highest BCUT2D eigenvalue weighted by molar-refractivity contribution is 7.80. The van der Waals surface area contributed by atoms with E-state index >= 15 is 0 Å². The molecule has 198 valence electrons. The maximum atomic E-state index is 12.4. The van der Waals surface area contributed by atoms with Gasteiger partial charge in [-0.15, -0.1) is 0 Å². The average Bonchev–Trinajstić information content (AvgIpc) is 3.58. The highest BCUT2D eigenvalue weighted by Crippen LogP contribution is 2.43. The Kier molecular flexibility index (Phi) is 7.67. The summed E-state index contributed by atoms with van der Waals surface area (Å²) in [6.07, 6.45) is 1.73. The third kappa shape index (κ3) is 5.38. The van der Waals surface area contributed by atoms with Crippen molar-refractivity contribution in [3.63, 3.8) is 0 Å². The van der Waals surface area contributed by atoms with Crippen LogP contribution in [0.1, 0.15) is 33.9 Å². The van der Waals surface area contributed by atoms with Gasteiger partial charge in [-0.3, -0.25) is 9.78 Å². The average molecular weight is 543 g/mol. The van der Waals surface area contributed by atoms with E-state index in [1.54, 1.807) is 30.5 Å². The maximum Gasteiger partial charge on any atom is 0.338 e. The van der Waals surface area contributed by atoms with Crippen molar-refractivity contribution < 1.29 is 23.5 Å². The number of furan rings is 1. The number of hydrogen-bond donors (Lipinski definition) is 2. The Bertz CT molecular complexity index is 1490. The molecular weight excluding hydrogens is 516 g/mol. The molecule has 0 saturated carbocycles. The molecule has 1 amide bonds. The van der Waals surface area contributed by atoms with E-state index in [0.29, 0.717) is 33.4 Å². The van der Waals surface area contributed by atoms with Gasteiger partial charge in [-0.25, -0.2) is 4.79 Å². The van der Waals surface area contributed by atoms with Gasteiger partial charge in [0, 0.05) is 30.2 Å². The second kappa shape index (κ2) is 11.5. The van der Waals surface area contributed by atoms with E-state index in [1.165, 1.54) is 14.2 Å². The Morgan fingerprint density at radius 1 is 1.03 bits per heavy atom. The van der Waals surface area contributed by atoms with Crippen LogP contribution in [0.5, 0.6) is 0 Å². The first-order chi connectivity index (χ1) is 19.0. The summed E-state index contributed by atoms with van der Waals surface area (Å²) in [6.45, 7) is -0.0321. The molecule has 39 heavy (non-hydrogen) atoms. The molecule has 0 bridgehead atoms. The number of nitrogens with one attached hydrogen (secondary N) is 2. The van der Waals surface area contributed by atoms with Crippen molar-refractivity contribution in [1.29, 1.82) is 0 Å². The predicted molar refractivity (Wildman–Crippen MR) is 150 cm³/mol. The number of thiocarbonyl (C=S) groups is 1. The van der Waals surface area contributed by atoms with Gasteiger partial charge in [0.25, 0.3) is 0 Å². The van der Waals surface area contributed by atoms with Gasteiger partial charge < -0.3 is 29.4 Å². The van der Waals surface area contributed by atoms with Gasteiger partial charge in [0.05, 0.1) is 24.4 Å². The van der Waals surface area contributed by atoms with E-state index < -0.39 is 5.97 Å². The SMILES string of the molecule is COCC(=O)Nc1ccc(N2C(=S)NC(c3ccccn3)C2c2ccc(-c3ccccc3C(=O)OC)o2)cc1. The van der Waals surface area contributed by atoms with E-state index in [1.807, 2.05) is 59.5 Å². The van der Waals surface area contributed by atoms with Crippen LogP contribution in [-0.2, 0) is 14.3 Å². The zero-order valence-corrected chi connectivity index (χ0v) is 22.1. The number of nitrogens with zero attached hydrogens (tertiary/aromatic N) is 2. The third-order valence-electron chi connectivity index (χ3n) is 6.32. The summed E-state index contributed by atoms with van der Waals surface area (Å²) in [4.78, 5) is 30.8. The minimum Gasteiger partial charge on any atom is -0.465 e. The van der Waals surface area contributed by atoms with Gasteiger partial charge in [-0.05, 0) is 66.8 Å². The molecule has 1 aliphatic heterocycles. The molecule has 2 aromatic carbocycles. The van der Waals surface area contributed by atoms with Crippen molar-refractivity contribution in [2.24, 2.45) is 0 Å². The molecule has 2 N–H and O–H groups in total. The van der Waals surface area contributed by atoms with Crippen LogP contribution in [0, 0.1) is 0 Å². The van der Waals surface area contributed by atoms with Crippen LogP contribution < -0.4 is 15.5 Å². The van der Waals surface area contributed by atoms with E-state index in [2.05, 4.69) is 15.6 Å². The summed E-state index contributed by atoms with van der Waals surface area (Å²) < 4.78 is 16.2. The van der Waals surface area contributed by atoms with Gasteiger partial charge in [0.1, 0.15) is 24.2 Å². The van der Waals surface area contributed by atoms with Crippen molar-refractivity contribution in [3.8, 4) is 11.3 Å². The minimum absolute atomic E-state index is 0.0321. The van der Waals surface area contributed by atoms with Gasteiger partial charge >= 0.3 is 5.97 Å². The molecule has 1 fully saturated rings. The highest BCUT2D eigenvalue weighted by atomic mass is 32.1. The van der Waals surface area contributed by atoms with Gasteiger partial charge in [-0.1, -0.05) is 24.3 Å². The molecule has 2 aromatic heterocycles. The molecule has 5 rings (SSSR count). The van der Waals surface area contributed by atoms with Crippen LogP contribution in [0.2, 0.25) is 0 Å². The summed E-state index contributed by atoms with van der Waals surface area (Å²) in [5, 5.41) is 6.69. The predicted octanol–water partition coefficient (Wildman–Crippen LogP) is 4.89. The standard InChI is InChI=1S/C29H26N4O5S/c1-36-17-25(34)31-18-10-12-19(13-11-18)33-27(26(32-29(33)39)22-9-5-6-16-30-22)24-15-14-23(38-24)20-7-3-4-8-21(20)28(35)37-2/h3-16,26-27H,17H2,1-2H3,(H,31,34)(H,32,39). The number of aromatic nitrogens is 1. The summed E-state index contributed by atoms with van der Waals surface area (Å²) >= 11 is 5.78. The number of amides is 1. The fourth-order valence-corrected chi connectivity index (χ4v) is 4.94. The summed E-state index contributed by atoms with van der Waals surface area (Å²) in [6, 6.07) is 23.2. The van der Waals surface area contributed by atoms with E-state index in [-0.39, 0.29) is 24.6 Å². The largest absolute Gasteiger partial charge is 0.465 e. The number of carbonyl (C=O) groups is 2. The monoisotopic (exact) mass is 542 g/mol. The van der Waals surface area contributed by atoms with Crippen LogP contribution in [0.25, 0.3) is 11.3 Å². The van der Waals surface area contributed by atoms with Crippen LogP contribution in [-0.4, -0.2) is 42.8 Å². The topological polar surface area (TPSA) is 106 Å². The number of benzene rings is 2. The Labute approximate surface area is 230 Å². The number of esters is 1. The Balaban J connectivity index is 1.53. The Hall–Kier alpha value is -4.54. The molecule has 10 heteroatoms. The van der Waals surface area contributed by atoms with Gasteiger partial charge in [0.2, 0.25) is 5.91 Å². The van der Waals surface area contributed by atoms with E-state index in [4.69, 9.17) is 26.1 Å². The molecule has 1 saturated heterocycles. The molecule has 1 aliphatic rings. The fraction of sp³-hybridized carbons (Fsp3) is 0.172. The second-order valence-corrected chi connectivity index (χ2v) is 9.15. The van der Waals surface area contributed by atoms with E-state index in [9.17, 15) is 9.59 Å². The second-order valence-electron chi connectivity index (χ2n) is 8.76.